The Morgan fingerprint density at radius 1 is 1.12 bits per heavy atom. The Kier molecular flexibility index (Phi) is 3.80. The Balaban J connectivity index is 1.69. The van der Waals surface area contributed by atoms with Crippen molar-refractivity contribution in [2.75, 3.05) is 11.9 Å². The molecule has 1 aliphatic rings. The van der Waals surface area contributed by atoms with Gasteiger partial charge in [-0.3, -0.25) is 10.1 Å². The number of rotatable bonds is 3. The number of guanidine groups is 1. The predicted molar refractivity (Wildman–Crippen MR) is 104 cm³/mol. The Labute approximate surface area is 150 Å². The van der Waals surface area contributed by atoms with Gasteiger partial charge in [-0.25, -0.2) is 4.99 Å². The van der Waals surface area contributed by atoms with Crippen molar-refractivity contribution in [2.45, 2.75) is 12.8 Å². The summed E-state index contributed by atoms with van der Waals surface area (Å²) >= 11 is 0. The summed E-state index contributed by atoms with van der Waals surface area (Å²) in [5, 5.41) is 13.3. The fraction of sp³-hybridized carbons (Fsp3) is 0.150. The van der Waals surface area contributed by atoms with Crippen LogP contribution in [0.5, 0.6) is 0 Å². The lowest BCUT2D eigenvalue weighted by Gasteiger charge is -2.21. The van der Waals surface area contributed by atoms with Crippen molar-refractivity contribution in [1.82, 2.24) is 0 Å². The maximum Gasteiger partial charge on any atom is 0.269 e. The third-order valence-electron chi connectivity index (χ3n) is 4.87. The van der Waals surface area contributed by atoms with E-state index < -0.39 is 4.92 Å². The van der Waals surface area contributed by atoms with E-state index in [1.165, 1.54) is 34.0 Å². The maximum atomic E-state index is 10.7. The van der Waals surface area contributed by atoms with Gasteiger partial charge in [0.15, 0.2) is 0 Å². The molecule has 26 heavy (non-hydrogen) atoms. The minimum absolute atomic E-state index is 0.0334. The van der Waals surface area contributed by atoms with Gasteiger partial charge in [0.2, 0.25) is 5.96 Å². The largest absolute Gasteiger partial charge is 0.369 e. The smallest absolute Gasteiger partial charge is 0.269 e. The molecular formula is C20H18N4O2. The average Bonchev–Trinajstić information content (AvgIpc) is 3.08. The first-order chi connectivity index (χ1) is 12.5. The van der Waals surface area contributed by atoms with E-state index in [2.05, 4.69) is 35.3 Å². The molecule has 0 saturated heterocycles. The molecule has 0 aromatic heterocycles. The Morgan fingerprint density at radius 2 is 1.88 bits per heavy atom. The number of aliphatic imine (C=N–C) groups is 1. The van der Waals surface area contributed by atoms with Gasteiger partial charge in [-0.1, -0.05) is 24.3 Å². The summed E-state index contributed by atoms with van der Waals surface area (Å²) in [4.78, 5) is 16.6. The van der Waals surface area contributed by atoms with Crippen molar-refractivity contribution in [2.24, 2.45) is 10.7 Å². The van der Waals surface area contributed by atoms with Gasteiger partial charge in [0.05, 0.1) is 10.6 Å². The van der Waals surface area contributed by atoms with Crippen LogP contribution in [0, 0.1) is 10.1 Å². The van der Waals surface area contributed by atoms with Crippen LogP contribution in [0.4, 0.5) is 17.1 Å². The zero-order valence-corrected chi connectivity index (χ0v) is 14.3. The van der Waals surface area contributed by atoms with Crippen LogP contribution in [-0.4, -0.2) is 17.9 Å². The molecule has 0 spiro atoms. The Hall–Kier alpha value is -3.41. The molecule has 0 heterocycles. The SMILES string of the molecule is CN(C(N)=Nc1ccc([N+](=O)[O-])cc1)c1ccc2cccc3c2c1CC3. The van der Waals surface area contributed by atoms with Gasteiger partial charge < -0.3 is 10.6 Å². The zero-order chi connectivity index (χ0) is 18.3. The number of nitro benzene ring substituents is 1. The van der Waals surface area contributed by atoms with Crippen molar-refractivity contribution in [1.29, 1.82) is 0 Å². The highest BCUT2D eigenvalue weighted by molar-refractivity contribution is 6.02. The highest BCUT2D eigenvalue weighted by atomic mass is 16.6. The molecule has 3 aromatic rings. The van der Waals surface area contributed by atoms with E-state index in [4.69, 9.17) is 5.73 Å². The summed E-state index contributed by atoms with van der Waals surface area (Å²) in [5.41, 5.74) is 10.5. The number of anilines is 1. The van der Waals surface area contributed by atoms with Crippen LogP contribution < -0.4 is 10.6 Å². The van der Waals surface area contributed by atoms with E-state index in [0.717, 1.165) is 18.5 Å². The molecule has 2 N–H and O–H groups in total. The van der Waals surface area contributed by atoms with Crippen LogP contribution in [0.3, 0.4) is 0 Å². The molecule has 0 aliphatic heterocycles. The molecule has 6 nitrogen and oxygen atoms in total. The molecule has 0 fully saturated rings. The fourth-order valence-corrected chi connectivity index (χ4v) is 3.54. The Morgan fingerprint density at radius 3 is 2.62 bits per heavy atom. The van der Waals surface area contributed by atoms with Crippen LogP contribution >= 0.6 is 0 Å². The molecule has 3 aromatic carbocycles. The average molecular weight is 346 g/mol. The van der Waals surface area contributed by atoms with Crippen LogP contribution in [0.2, 0.25) is 0 Å². The van der Waals surface area contributed by atoms with E-state index >= 15 is 0 Å². The number of nitrogens with zero attached hydrogens (tertiary/aromatic N) is 3. The van der Waals surface area contributed by atoms with Crippen molar-refractivity contribution < 1.29 is 4.92 Å². The van der Waals surface area contributed by atoms with Crippen molar-refractivity contribution in [3.8, 4) is 0 Å². The monoisotopic (exact) mass is 346 g/mol. The number of benzene rings is 3. The first-order valence-corrected chi connectivity index (χ1v) is 8.40. The van der Waals surface area contributed by atoms with Gasteiger partial charge >= 0.3 is 0 Å². The maximum absolute atomic E-state index is 10.7. The van der Waals surface area contributed by atoms with Crippen molar-refractivity contribution >= 4 is 33.8 Å². The summed E-state index contributed by atoms with van der Waals surface area (Å²) in [6, 6.07) is 16.6. The molecular weight excluding hydrogens is 328 g/mol. The first kappa shape index (κ1) is 16.1. The molecule has 0 amide bonds. The molecule has 4 rings (SSSR count). The third-order valence-corrected chi connectivity index (χ3v) is 4.87. The highest BCUT2D eigenvalue weighted by Crippen LogP contribution is 2.37. The number of nitrogens with two attached hydrogens (primary N) is 1. The van der Waals surface area contributed by atoms with E-state index in [0.29, 0.717) is 11.6 Å². The molecule has 0 saturated carbocycles. The van der Waals surface area contributed by atoms with E-state index in [9.17, 15) is 10.1 Å². The standard InChI is InChI=1S/C20H18N4O2/c1-23(20(21)22-15-7-9-16(10-8-15)24(25)26)18-12-6-14-4-2-3-13-5-11-17(18)19(13)14/h2-4,6-10,12H,5,11H2,1H3,(H2,21,22). The summed E-state index contributed by atoms with van der Waals surface area (Å²) < 4.78 is 0. The van der Waals surface area contributed by atoms with Crippen LogP contribution in [0.25, 0.3) is 10.8 Å². The lowest BCUT2D eigenvalue weighted by atomic mass is 10.0. The minimum atomic E-state index is -0.433. The number of nitro groups is 1. The highest BCUT2D eigenvalue weighted by Gasteiger charge is 2.20. The summed E-state index contributed by atoms with van der Waals surface area (Å²) in [5.74, 6) is 0.346. The molecule has 0 atom stereocenters. The van der Waals surface area contributed by atoms with Gasteiger partial charge in [-0.2, -0.15) is 0 Å². The second kappa shape index (κ2) is 6.15. The van der Waals surface area contributed by atoms with E-state index in [1.807, 2.05) is 11.9 Å². The van der Waals surface area contributed by atoms with Gasteiger partial charge in [0.25, 0.3) is 5.69 Å². The number of non-ortho nitro benzene ring substituents is 1. The van der Waals surface area contributed by atoms with Gasteiger partial charge in [0.1, 0.15) is 0 Å². The van der Waals surface area contributed by atoms with E-state index in [1.54, 1.807) is 12.1 Å². The van der Waals surface area contributed by atoms with Crippen LogP contribution in [0.1, 0.15) is 11.1 Å². The zero-order valence-electron chi connectivity index (χ0n) is 14.3. The molecule has 6 heteroatoms. The first-order valence-electron chi connectivity index (χ1n) is 8.40. The van der Waals surface area contributed by atoms with Crippen LogP contribution in [0.15, 0.2) is 59.6 Å². The molecule has 1 aliphatic carbocycles. The number of hydrogen-bond acceptors (Lipinski definition) is 3. The second-order valence-corrected chi connectivity index (χ2v) is 6.38. The van der Waals surface area contributed by atoms with Gasteiger partial charge in [-0.05, 0) is 52.9 Å². The normalized spacial score (nSPS) is 13.2. The van der Waals surface area contributed by atoms with Gasteiger partial charge in [-0.15, -0.1) is 0 Å². The molecule has 0 radical (unpaired) electrons. The topological polar surface area (TPSA) is 84.8 Å². The van der Waals surface area contributed by atoms with Crippen LogP contribution in [-0.2, 0) is 12.8 Å². The predicted octanol–water partition coefficient (Wildman–Crippen LogP) is 3.93. The summed E-state index contributed by atoms with van der Waals surface area (Å²) in [7, 11) is 1.89. The molecule has 0 unspecified atom stereocenters. The Bertz CT molecular complexity index is 1040. The minimum Gasteiger partial charge on any atom is -0.369 e. The number of aryl methyl sites for hydroxylation is 2. The van der Waals surface area contributed by atoms with E-state index in [-0.39, 0.29) is 5.69 Å². The third kappa shape index (κ3) is 2.65. The lowest BCUT2D eigenvalue weighted by molar-refractivity contribution is -0.384. The number of hydrogen-bond donors (Lipinski definition) is 1. The van der Waals surface area contributed by atoms with Gasteiger partial charge in [0, 0.05) is 24.9 Å². The quantitative estimate of drug-likeness (QED) is 0.337. The summed E-state index contributed by atoms with van der Waals surface area (Å²) in [6.45, 7) is 0. The fourth-order valence-electron chi connectivity index (χ4n) is 3.54. The summed E-state index contributed by atoms with van der Waals surface area (Å²) in [6.07, 6.45) is 2.03. The second-order valence-electron chi connectivity index (χ2n) is 6.38. The van der Waals surface area contributed by atoms with Crippen molar-refractivity contribution in [3.63, 3.8) is 0 Å². The molecule has 130 valence electrons. The van der Waals surface area contributed by atoms with Crippen molar-refractivity contribution in [3.05, 3.63) is 75.8 Å². The lowest BCUT2D eigenvalue weighted by Crippen LogP contribution is -2.34. The molecule has 0 bridgehead atoms.